The van der Waals surface area contributed by atoms with Gasteiger partial charge in [-0.15, -0.1) is 0 Å². The summed E-state index contributed by atoms with van der Waals surface area (Å²) in [6, 6.07) is 0. The number of aliphatic hydroxyl groups excluding tert-OH is 3. The van der Waals surface area contributed by atoms with E-state index in [0.717, 1.165) is 38.5 Å². The number of aliphatic hydroxyl groups is 3. The molecular weight excluding hydrogens is 788 g/mol. The third-order valence-corrected chi connectivity index (χ3v) is 11.9. The molecule has 1 aliphatic rings. The van der Waals surface area contributed by atoms with Crippen molar-refractivity contribution < 1.29 is 86.4 Å². The number of ether oxygens (including phenoxy) is 4. The van der Waals surface area contributed by atoms with E-state index in [1.54, 1.807) is 0 Å². The SMILES string of the molecule is CCCCCCCCCCCCCCCCCC(=O)OCC(COC(=O)CCCCCCCCCCCCCCCCC)O[C@@H]1O[C@H](CS(=O)(=O)[O-])[C@@H](O)[C@H](O)[C@H]1O.[Na+]. The van der Waals surface area contributed by atoms with Crippen LogP contribution >= 0.6 is 0 Å². The summed E-state index contributed by atoms with van der Waals surface area (Å²) in [5, 5.41) is 31.1. The van der Waals surface area contributed by atoms with Gasteiger partial charge in [-0.2, -0.15) is 0 Å². The van der Waals surface area contributed by atoms with Gasteiger partial charge < -0.3 is 38.8 Å². The van der Waals surface area contributed by atoms with Crippen molar-refractivity contribution in [2.45, 2.75) is 256 Å². The van der Waals surface area contributed by atoms with Gasteiger partial charge in [0, 0.05) is 12.8 Å². The van der Waals surface area contributed by atoms with Gasteiger partial charge in [0.25, 0.3) is 0 Å². The molecule has 0 unspecified atom stereocenters. The van der Waals surface area contributed by atoms with Crippen LogP contribution in [-0.2, 0) is 38.7 Å². The maximum atomic E-state index is 12.6. The van der Waals surface area contributed by atoms with Crippen molar-refractivity contribution in [2.24, 2.45) is 0 Å². The van der Waals surface area contributed by atoms with E-state index in [2.05, 4.69) is 13.8 Å². The third-order valence-electron chi connectivity index (χ3n) is 11.2. The maximum absolute atomic E-state index is 12.6. The molecule has 5 atom stereocenters. The summed E-state index contributed by atoms with van der Waals surface area (Å²) in [5.74, 6) is -2.10. The molecule has 59 heavy (non-hydrogen) atoms. The second-order valence-corrected chi connectivity index (χ2v) is 18.2. The molecule has 0 radical (unpaired) electrons. The van der Waals surface area contributed by atoms with Gasteiger partial charge in [0.1, 0.15) is 43.7 Å². The van der Waals surface area contributed by atoms with Gasteiger partial charge in [0.15, 0.2) is 6.29 Å². The summed E-state index contributed by atoms with van der Waals surface area (Å²) in [4.78, 5) is 25.2. The molecule has 1 rings (SSSR count). The van der Waals surface area contributed by atoms with E-state index in [1.807, 2.05) is 0 Å². The minimum absolute atomic E-state index is 0. The first kappa shape index (κ1) is 58.6. The summed E-state index contributed by atoms with van der Waals surface area (Å²) >= 11 is 0. The fraction of sp³-hybridized carbons (Fsp3) is 0.956. The van der Waals surface area contributed by atoms with Crippen LogP contribution in [0.3, 0.4) is 0 Å². The molecule has 12 nitrogen and oxygen atoms in total. The van der Waals surface area contributed by atoms with Crippen LogP contribution in [0.1, 0.15) is 219 Å². The molecule has 3 N–H and O–H groups in total. The number of rotatable bonds is 40. The summed E-state index contributed by atoms with van der Waals surface area (Å²) < 4.78 is 56.1. The molecular formula is C45H85NaO12S. The Labute approximate surface area is 381 Å². The topological polar surface area (TPSA) is 189 Å². The van der Waals surface area contributed by atoms with E-state index in [4.69, 9.17) is 18.9 Å². The maximum Gasteiger partial charge on any atom is 1.00 e. The molecule has 0 aromatic carbocycles. The van der Waals surface area contributed by atoms with Crippen molar-refractivity contribution in [2.75, 3.05) is 19.0 Å². The van der Waals surface area contributed by atoms with Gasteiger partial charge in [-0.1, -0.05) is 194 Å². The zero-order valence-electron chi connectivity index (χ0n) is 37.6. The van der Waals surface area contributed by atoms with Crippen LogP contribution < -0.4 is 29.6 Å². The molecule has 1 heterocycles. The molecule has 0 aliphatic carbocycles. The molecule has 14 heteroatoms. The predicted octanol–water partition coefficient (Wildman–Crippen LogP) is 6.34. The summed E-state index contributed by atoms with van der Waals surface area (Å²) in [5.41, 5.74) is 0. The molecule has 0 aromatic rings. The van der Waals surface area contributed by atoms with Gasteiger partial charge in [-0.3, -0.25) is 9.59 Å². The van der Waals surface area contributed by atoms with E-state index < -0.39 is 64.6 Å². The predicted molar refractivity (Wildman–Crippen MR) is 227 cm³/mol. The van der Waals surface area contributed by atoms with Crippen LogP contribution in [0.25, 0.3) is 0 Å². The number of unbranched alkanes of at least 4 members (excludes halogenated alkanes) is 28. The van der Waals surface area contributed by atoms with E-state index in [-0.39, 0.29) is 55.6 Å². The Kier molecular flexibility index (Phi) is 39.0. The monoisotopic (exact) mass is 873 g/mol. The van der Waals surface area contributed by atoms with Gasteiger partial charge in [0.2, 0.25) is 0 Å². The Balaban J connectivity index is 0.0000336. The Morgan fingerprint density at radius 2 is 0.831 bits per heavy atom. The van der Waals surface area contributed by atoms with Crippen LogP contribution in [0.4, 0.5) is 0 Å². The normalized spacial score (nSPS) is 19.5. The number of hydrogen-bond acceptors (Lipinski definition) is 12. The molecule has 1 fully saturated rings. The average molecular weight is 873 g/mol. The average Bonchev–Trinajstić information content (AvgIpc) is 3.19. The second kappa shape index (κ2) is 39.3. The van der Waals surface area contributed by atoms with Gasteiger partial charge >= 0.3 is 41.5 Å². The van der Waals surface area contributed by atoms with Gasteiger partial charge in [-0.25, -0.2) is 8.42 Å². The van der Waals surface area contributed by atoms with E-state index in [9.17, 15) is 37.9 Å². The van der Waals surface area contributed by atoms with E-state index in [0.29, 0.717) is 12.8 Å². The summed E-state index contributed by atoms with van der Waals surface area (Å²) in [6.45, 7) is 3.76. The largest absolute Gasteiger partial charge is 1.00 e. The Hall–Kier alpha value is -0.350. The first-order valence-corrected chi connectivity index (χ1v) is 25.2. The number of carbonyl (C=O) groups is 2. The number of esters is 2. The molecule has 0 amide bonds. The molecule has 0 saturated carbocycles. The molecule has 0 aromatic heterocycles. The Morgan fingerprint density at radius 1 is 0.525 bits per heavy atom. The van der Waals surface area contributed by atoms with Crippen LogP contribution in [0, 0.1) is 0 Å². The second-order valence-electron chi connectivity index (χ2n) is 16.8. The van der Waals surface area contributed by atoms with Crippen LogP contribution in [-0.4, -0.2) is 96.0 Å². The Bertz CT molecular complexity index is 1050. The molecule has 1 aliphatic heterocycles. The molecule has 0 bridgehead atoms. The van der Waals surface area contributed by atoms with E-state index in [1.165, 1.54) is 141 Å². The first-order chi connectivity index (χ1) is 28.0. The smallest absolute Gasteiger partial charge is 0.748 e. The van der Waals surface area contributed by atoms with Crippen LogP contribution in [0.2, 0.25) is 0 Å². The molecule has 344 valence electrons. The minimum Gasteiger partial charge on any atom is -0.748 e. The quantitative estimate of drug-likeness (QED) is 0.0269. The summed E-state index contributed by atoms with van der Waals surface area (Å²) in [6.07, 6.45) is 26.6. The van der Waals surface area contributed by atoms with Crippen molar-refractivity contribution in [3.05, 3.63) is 0 Å². The van der Waals surface area contributed by atoms with Crippen molar-refractivity contribution in [1.82, 2.24) is 0 Å². The molecule has 1 saturated heterocycles. The zero-order valence-corrected chi connectivity index (χ0v) is 40.5. The number of carbonyl (C=O) groups excluding carboxylic acids is 2. The van der Waals surface area contributed by atoms with Crippen molar-refractivity contribution in [3.8, 4) is 0 Å². The summed E-state index contributed by atoms with van der Waals surface area (Å²) in [7, 11) is -4.87. The van der Waals surface area contributed by atoms with Crippen molar-refractivity contribution in [3.63, 3.8) is 0 Å². The van der Waals surface area contributed by atoms with Crippen LogP contribution in [0.5, 0.6) is 0 Å². The fourth-order valence-corrected chi connectivity index (χ4v) is 8.16. The fourth-order valence-electron chi connectivity index (χ4n) is 7.48. The first-order valence-electron chi connectivity index (χ1n) is 23.6. The van der Waals surface area contributed by atoms with Crippen molar-refractivity contribution >= 4 is 22.1 Å². The van der Waals surface area contributed by atoms with Gasteiger partial charge in [-0.05, 0) is 12.8 Å². The van der Waals surface area contributed by atoms with Gasteiger partial charge in [0.05, 0.1) is 15.9 Å². The molecule has 0 spiro atoms. The number of hydrogen-bond donors (Lipinski definition) is 3. The zero-order chi connectivity index (χ0) is 42.7. The minimum atomic E-state index is -4.87. The Morgan fingerprint density at radius 3 is 1.14 bits per heavy atom. The third kappa shape index (κ3) is 33.8. The van der Waals surface area contributed by atoms with Crippen LogP contribution in [0.15, 0.2) is 0 Å². The van der Waals surface area contributed by atoms with E-state index >= 15 is 0 Å². The van der Waals surface area contributed by atoms with Crippen molar-refractivity contribution in [1.29, 1.82) is 0 Å². The standard InChI is InChI=1S/C45H86O12S.Na/c1-3-5-7-9-11-13-15-17-19-21-23-25-27-29-31-33-40(46)54-35-38(56-45-44(50)43(49)42(48)39(57-45)37-58(51,52)53)36-55-41(47)34-32-30-28-26-24-22-20-18-16-14-12-10-8-6-4-2;/h38-39,42-45,48-50H,3-37H2,1-2H3,(H,51,52,53);/q;+1/p-1/t39-,42-,43+,44-,45-;/m1./s1.